The van der Waals surface area contributed by atoms with Crippen LogP contribution in [0.2, 0.25) is 0 Å². The standard InChI is InChI=1S/C11H18BrFN3O12P3/c1-6-15-7(14)2-3-16(6)10-8(13)9(17)11(4-12,26-10)5-25-30(21,22)28-31(23,24)27-29(18,19)20/h2-3,8-10,17H,1,4-5H2,(H2,14,15)(H,21,22)(H,23,24)(H2,18,19,20)/t8-,9+,10-,11-/m1/s1. The first kappa shape index (κ1) is 26.7. The summed E-state index contributed by atoms with van der Waals surface area (Å²) in [5.74, 6) is 0.0488. The minimum Gasteiger partial charge on any atom is -0.387 e. The number of alkyl halides is 2. The van der Waals surface area contributed by atoms with Crippen molar-refractivity contribution in [3.63, 3.8) is 0 Å². The molecule has 0 saturated carbocycles. The average molecular weight is 576 g/mol. The number of ether oxygens (including phenoxy) is 1. The van der Waals surface area contributed by atoms with Gasteiger partial charge >= 0.3 is 23.5 Å². The zero-order chi connectivity index (χ0) is 23.8. The second kappa shape index (κ2) is 9.39. The summed E-state index contributed by atoms with van der Waals surface area (Å²) in [4.78, 5) is 40.7. The average Bonchev–Trinajstić information content (AvgIpc) is 2.82. The van der Waals surface area contributed by atoms with Crippen LogP contribution in [0.3, 0.4) is 0 Å². The molecular weight excluding hydrogens is 558 g/mol. The van der Waals surface area contributed by atoms with Crippen molar-refractivity contribution in [2.75, 3.05) is 11.9 Å². The largest absolute Gasteiger partial charge is 0.490 e. The number of aliphatic hydroxyl groups excluding tert-OH is 1. The van der Waals surface area contributed by atoms with E-state index >= 15 is 0 Å². The van der Waals surface area contributed by atoms with E-state index < -0.39 is 54.2 Å². The molecule has 0 aliphatic carbocycles. The zero-order valence-corrected chi connectivity index (χ0v) is 19.4. The van der Waals surface area contributed by atoms with Gasteiger partial charge in [-0.1, -0.05) is 22.5 Å². The molecule has 2 rings (SSSR count). The van der Waals surface area contributed by atoms with Crippen LogP contribution in [0.15, 0.2) is 29.7 Å². The molecule has 20 heteroatoms. The molecule has 15 nitrogen and oxygen atoms in total. The molecule has 2 heterocycles. The number of hydrogen-bond acceptors (Lipinski definition) is 11. The van der Waals surface area contributed by atoms with E-state index in [1.807, 2.05) is 0 Å². The van der Waals surface area contributed by atoms with Gasteiger partial charge in [0.1, 0.15) is 23.4 Å². The summed E-state index contributed by atoms with van der Waals surface area (Å²) in [7, 11) is -16.8. The molecule has 2 aliphatic heterocycles. The van der Waals surface area contributed by atoms with E-state index in [0.717, 1.165) is 4.90 Å². The van der Waals surface area contributed by atoms with Crippen molar-refractivity contribution in [2.24, 2.45) is 10.7 Å². The predicted octanol–water partition coefficient (Wildman–Crippen LogP) is 0.176. The van der Waals surface area contributed by atoms with Gasteiger partial charge in [-0.25, -0.2) is 23.1 Å². The Labute approximate surface area is 182 Å². The molecule has 1 saturated heterocycles. The highest BCUT2D eigenvalue weighted by Gasteiger charge is 2.58. The van der Waals surface area contributed by atoms with Crippen molar-refractivity contribution >= 4 is 45.2 Å². The third kappa shape index (κ3) is 6.74. The summed E-state index contributed by atoms with van der Waals surface area (Å²) >= 11 is 2.96. The lowest BCUT2D eigenvalue weighted by molar-refractivity contribution is -0.117. The van der Waals surface area contributed by atoms with Crippen LogP contribution in [0.5, 0.6) is 0 Å². The summed E-state index contributed by atoms with van der Waals surface area (Å²) in [6, 6.07) is 0. The van der Waals surface area contributed by atoms with Crippen LogP contribution in [-0.2, 0) is 31.6 Å². The second-order valence-electron chi connectivity index (χ2n) is 6.14. The number of nitrogens with two attached hydrogens (primary N) is 1. The Morgan fingerprint density at radius 2 is 1.90 bits per heavy atom. The molecule has 0 aromatic heterocycles. The Morgan fingerprint density at radius 1 is 1.29 bits per heavy atom. The molecule has 0 aromatic rings. The van der Waals surface area contributed by atoms with Crippen molar-refractivity contribution in [1.29, 1.82) is 0 Å². The third-order valence-electron chi connectivity index (χ3n) is 3.82. The predicted molar refractivity (Wildman–Crippen MR) is 104 cm³/mol. The van der Waals surface area contributed by atoms with Gasteiger partial charge < -0.3 is 40.1 Å². The highest BCUT2D eigenvalue weighted by molar-refractivity contribution is 9.09. The molecule has 0 spiro atoms. The molecular formula is C11H18BrFN3O12P3. The van der Waals surface area contributed by atoms with E-state index in [1.165, 1.54) is 12.3 Å². The van der Waals surface area contributed by atoms with Gasteiger partial charge in [0, 0.05) is 11.5 Å². The second-order valence-corrected chi connectivity index (χ2v) is 11.1. The summed E-state index contributed by atoms with van der Waals surface area (Å²) in [6.45, 7) is 2.50. The first-order valence-corrected chi connectivity index (χ1v) is 13.5. The minimum atomic E-state index is -5.75. The van der Waals surface area contributed by atoms with E-state index in [-0.39, 0.29) is 17.0 Å². The van der Waals surface area contributed by atoms with Gasteiger partial charge in [-0.2, -0.15) is 8.62 Å². The van der Waals surface area contributed by atoms with E-state index in [9.17, 15) is 28.1 Å². The molecule has 1 fully saturated rings. The van der Waals surface area contributed by atoms with Gasteiger partial charge in [0.2, 0.25) is 0 Å². The fourth-order valence-electron chi connectivity index (χ4n) is 2.51. The third-order valence-corrected chi connectivity index (χ3v) is 8.55. The Bertz CT molecular complexity index is 929. The van der Waals surface area contributed by atoms with E-state index in [1.54, 1.807) is 0 Å². The molecule has 2 unspecified atom stereocenters. The maximum Gasteiger partial charge on any atom is 0.490 e. The number of phosphoric acid groups is 3. The number of nitrogens with zero attached hydrogens (tertiary/aromatic N) is 2. The molecule has 7 N–H and O–H groups in total. The number of aliphatic hydroxyl groups is 1. The number of phosphoric ester groups is 1. The SMILES string of the molecule is C=C1N=C(N)C=CN1[C@@H]1O[C@](CBr)(COP(=O)(O)OP(=O)(O)OP(=O)(O)O)[C@@H](O)[C@H]1F. The maximum atomic E-state index is 14.8. The normalized spacial score (nSPS) is 33.1. The molecule has 6 atom stereocenters. The Hall–Kier alpha value is -0.510. The topological polar surface area (TPSA) is 231 Å². The van der Waals surface area contributed by atoms with Crippen LogP contribution < -0.4 is 5.73 Å². The molecule has 0 amide bonds. The van der Waals surface area contributed by atoms with Crippen molar-refractivity contribution in [2.45, 2.75) is 24.1 Å². The summed E-state index contributed by atoms with van der Waals surface area (Å²) < 4.78 is 65.9. The lowest BCUT2D eigenvalue weighted by Crippen LogP contribution is -2.47. The van der Waals surface area contributed by atoms with Gasteiger partial charge in [-0.05, 0) is 6.08 Å². The van der Waals surface area contributed by atoms with Crippen LogP contribution in [0.1, 0.15) is 0 Å². The van der Waals surface area contributed by atoms with Crippen LogP contribution in [-0.4, -0.2) is 71.5 Å². The first-order valence-electron chi connectivity index (χ1n) is 7.85. The molecule has 31 heavy (non-hydrogen) atoms. The number of amidine groups is 1. The van der Waals surface area contributed by atoms with Gasteiger partial charge in [0.15, 0.2) is 12.4 Å². The highest BCUT2D eigenvalue weighted by Crippen LogP contribution is 2.66. The smallest absolute Gasteiger partial charge is 0.387 e. The van der Waals surface area contributed by atoms with Crippen molar-refractivity contribution < 1.29 is 60.6 Å². The Balaban J connectivity index is 2.14. The Kier molecular flexibility index (Phi) is 8.10. The van der Waals surface area contributed by atoms with E-state index in [2.05, 4.69) is 40.6 Å². The van der Waals surface area contributed by atoms with E-state index in [0.29, 0.717) is 0 Å². The minimum absolute atomic E-state index is 0.0295. The van der Waals surface area contributed by atoms with Gasteiger partial charge in [0.05, 0.1) is 6.61 Å². The number of aliphatic imine (C=N–C) groups is 1. The lowest BCUT2D eigenvalue weighted by Gasteiger charge is -2.32. The summed E-state index contributed by atoms with van der Waals surface area (Å²) in [5, 5.41) is 9.98. The molecule has 0 aromatic carbocycles. The van der Waals surface area contributed by atoms with E-state index in [4.69, 9.17) is 25.2 Å². The van der Waals surface area contributed by atoms with Crippen LogP contribution in [0.4, 0.5) is 4.39 Å². The number of halogens is 2. The fraction of sp³-hybridized carbons (Fsp3) is 0.545. The first-order chi connectivity index (χ1) is 14.0. The summed E-state index contributed by atoms with van der Waals surface area (Å²) in [5.41, 5.74) is 3.48. The summed E-state index contributed by atoms with van der Waals surface area (Å²) in [6.07, 6.45) is -3.00. The van der Waals surface area contributed by atoms with Crippen molar-refractivity contribution in [1.82, 2.24) is 4.90 Å². The quantitative estimate of drug-likeness (QED) is 0.159. The monoisotopic (exact) mass is 575 g/mol. The number of rotatable bonds is 9. The molecule has 178 valence electrons. The lowest BCUT2D eigenvalue weighted by atomic mass is 9.99. The van der Waals surface area contributed by atoms with Gasteiger partial charge in [-0.15, -0.1) is 0 Å². The molecule has 0 radical (unpaired) electrons. The van der Waals surface area contributed by atoms with Crippen LogP contribution in [0.25, 0.3) is 0 Å². The van der Waals surface area contributed by atoms with Crippen LogP contribution in [0, 0.1) is 0 Å². The molecule has 0 bridgehead atoms. The van der Waals surface area contributed by atoms with Gasteiger partial charge in [-0.3, -0.25) is 4.52 Å². The fourth-order valence-corrected chi connectivity index (χ4v) is 6.21. The highest BCUT2D eigenvalue weighted by atomic mass is 79.9. The van der Waals surface area contributed by atoms with Crippen LogP contribution >= 0.6 is 39.4 Å². The van der Waals surface area contributed by atoms with Crippen molar-refractivity contribution in [3.05, 3.63) is 24.7 Å². The zero-order valence-electron chi connectivity index (χ0n) is 15.2. The number of hydrogen-bond donors (Lipinski definition) is 6. The maximum absolute atomic E-state index is 14.8. The van der Waals surface area contributed by atoms with Gasteiger partial charge in [0.25, 0.3) is 0 Å². The Morgan fingerprint density at radius 3 is 2.42 bits per heavy atom. The molecule has 2 aliphatic rings. The van der Waals surface area contributed by atoms with Crippen molar-refractivity contribution in [3.8, 4) is 0 Å².